The molecule has 0 N–H and O–H groups in total. The Hall–Kier alpha value is -4.17. The Balaban J connectivity index is 1.48. The van der Waals surface area contributed by atoms with Crippen LogP contribution in [0.5, 0.6) is 23.0 Å². The Morgan fingerprint density at radius 2 is 1.68 bits per heavy atom. The fourth-order valence-electron chi connectivity index (χ4n) is 5.21. The number of aryl methyl sites for hydroxylation is 1. The first-order valence-electron chi connectivity index (χ1n) is 13.3. The minimum atomic E-state index is -1.18. The molecule has 0 spiro atoms. The first kappa shape index (κ1) is 28.4. The molecule has 214 valence electrons. The second kappa shape index (κ2) is 11.4. The van der Waals surface area contributed by atoms with E-state index >= 15 is 0 Å². The van der Waals surface area contributed by atoms with Gasteiger partial charge in [-0.15, -0.1) is 0 Å². The molecule has 0 saturated heterocycles. The Morgan fingerprint density at radius 1 is 1.00 bits per heavy atom. The lowest BCUT2D eigenvalue weighted by atomic mass is 9.90. The number of benzene rings is 3. The minimum absolute atomic E-state index is 0.146. The van der Waals surface area contributed by atoms with Crippen molar-refractivity contribution in [2.75, 3.05) is 27.4 Å². The second-order valence-corrected chi connectivity index (χ2v) is 10.9. The van der Waals surface area contributed by atoms with Crippen molar-refractivity contribution >= 4 is 28.5 Å². The monoisotopic (exact) mass is 577 g/mol. The molecule has 9 heteroatoms. The molecular weight excluding hydrogens is 546 g/mol. The lowest BCUT2D eigenvalue weighted by Crippen LogP contribution is -2.53. The third-order valence-electron chi connectivity index (χ3n) is 7.30. The van der Waals surface area contributed by atoms with Gasteiger partial charge < -0.3 is 28.3 Å². The highest BCUT2D eigenvalue weighted by molar-refractivity contribution is 6.30. The van der Waals surface area contributed by atoms with E-state index in [2.05, 4.69) is 0 Å². The van der Waals surface area contributed by atoms with E-state index in [4.69, 9.17) is 35.0 Å². The van der Waals surface area contributed by atoms with Crippen LogP contribution in [0.1, 0.15) is 36.6 Å². The summed E-state index contributed by atoms with van der Waals surface area (Å²) in [6, 6.07) is 17.1. The van der Waals surface area contributed by atoms with E-state index in [0.717, 1.165) is 22.1 Å². The van der Waals surface area contributed by atoms with Crippen LogP contribution in [-0.2, 0) is 11.2 Å². The van der Waals surface area contributed by atoms with Crippen molar-refractivity contribution in [2.45, 2.75) is 38.8 Å². The van der Waals surface area contributed by atoms with E-state index in [9.17, 15) is 9.59 Å². The summed E-state index contributed by atoms with van der Waals surface area (Å²) in [5, 5.41) is 1.41. The summed E-state index contributed by atoms with van der Waals surface area (Å²) >= 11 is 6.03. The van der Waals surface area contributed by atoms with Gasteiger partial charge in [0.2, 0.25) is 0 Å². The quantitative estimate of drug-likeness (QED) is 0.233. The van der Waals surface area contributed by atoms with Crippen molar-refractivity contribution in [1.82, 2.24) is 4.90 Å². The van der Waals surface area contributed by atoms with Crippen molar-refractivity contribution in [1.29, 1.82) is 0 Å². The number of amides is 1. The molecule has 0 fully saturated rings. The van der Waals surface area contributed by atoms with Gasteiger partial charge in [-0.3, -0.25) is 4.79 Å². The number of carbonyl (C=O) groups is 1. The summed E-state index contributed by atoms with van der Waals surface area (Å²) in [5.74, 6) is 2.05. The van der Waals surface area contributed by atoms with Crippen LogP contribution in [0.2, 0.25) is 5.02 Å². The molecule has 1 aliphatic heterocycles. The number of methoxy groups -OCH3 is 2. The molecule has 0 aliphatic carbocycles. The smallest absolute Gasteiger partial charge is 0.336 e. The standard InChI is InChI=1S/C32H32ClNO7/c1-19-14-30(35)40-27-16-23(10-11-24(19)27)39-18-26-25-17-29(38-5)28(37-4)15-20(25)12-13-34(26)31(36)32(2,3)41-22-8-6-21(33)7-9-22/h6-11,14-17,26H,12-13,18H2,1-5H3. The molecule has 2 heterocycles. The van der Waals surface area contributed by atoms with Gasteiger partial charge in [-0.05, 0) is 92.4 Å². The highest BCUT2D eigenvalue weighted by Crippen LogP contribution is 2.40. The van der Waals surface area contributed by atoms with Gasteiger partial charge in [0, 0.05) is 29.1 Å². The maximum Gasteiger partial charge on any atom is 0.336 e. The van der Waals surface area contributed by atoms with Gasteiger partial charge in [0.25, 0.3) is 5.91 Å². The molecule has 1 atom stereocenters. The topological polar surface area (TPSA) is 87.4 Å². The fourth-order valence-corrected chi connectivity index (χ4v) is 5.33. The predicted molar refractivity (Wildman–Crippen MR) is 157 cm³/mol. The van der Waals surface area contributed by atoms with Crippen LogP contribution in [0, 0.1) is 6.92 Å². The van der Waals surface area contributed by atoms with E-state index in [-0.39, 0.29) is 12.5 Å². The molecule has 0 saturated carbocycles. The molecule has 0 radical (unpaired) electrons. The Labute approximate surface area is 243 Å². The van der Waals surface area contributed by atoms with E-state index in [1.165, 1.54) is 6.07 Å². The molecule has 4 aromatic rings. The minimum Gasteiger partial charge on any atom is -0.493 e. The van der Waals surface area contributed by atoms with Crippen LogP contribution in [0.15, 0.2) is 69.9 Å². The number of nitrogens with zero attached hydrogens (tertiary/aromatic N) is 1. The number of hydrogen-bond acceptors (Lipinski definition) is 7. The first-order valence-corrected chi connectivity index (χ1v) is 13.6. The molecule has 1 aliphatic rings. The van der Waals surface area contributed by atoms with Crippen LogP contribution in [0.3, 0.4) is 0 Å². The summed E-state index contributed by atoms with van der Waals surface area (Å²) < 4.78 is 28.9. The summed E-state index contributed by atoms with van der Waals surface area (Å²) in [4.78, 5) is 27.8. The molecule has 1 aromatic heterocycles. The largest absolute Gasteiger partial charge is 0.493 e. The SMILES string of the molecule is COc1cc2c(cc1OC)C(COc1ccc3c(C)cc(=O)oc3c1)N(C(=O)C(C)(C)Oc1ccc(Cl)cc1)CC2. The number of fused-ring (bicyclic) bond motifs is 2. The Morgan fingerprint density at radius 3 is 2.39 bits per heavy atom. The summed E-state index contributed by atoms with van der Waals surface area (Å²) in [6.45, 7) is 5.96. The van der Waals surface area contributed by atoms with Crippen LogP contribution >= 0.6 is 11.6 Å². The predicted octanol–water partition coefficient (Wildman–Crippen LogP) is 6.13. The van der Waals surface area contributed by atoms with Crippen molar-refractivity contribution < 1.29 is 28.2 Å². The number of carbonyl (C=O) groups excluding carboxylic acids is 1. The average Bonchev–Trinajstić information content (AvgIpc) is 2.95. The zero-order valence-electron chi connectivity index (χ0n) is 23.7. The maximum absolute atomic E-state index is 14.1. The Kier molecular flexibility index (Phi) is 7.87. The number of hydrogen-bond donors (Lipinski definition) is 0. The van der Waals surface area contributed by atoms with Crippen LogP contribution in [-0.4, -0.2) is 43.8 Å². The van der Waals surface area contributed by atoms with Gasteiger partial charge in [0.1, 0.15) is 23.7 Å². The van der Waals surface area contributed by atoms with Gasteiger partial charge in [-0.2, -0.15) is 0 Å². The van der Waals surface area contributed by atoms with Crippen LogP contribution < -0.4 is 24.6 Å². The molecule has 41 heavy (non-hydrogen) atoms. The zero-order valence-corrected chi connectivity index (χ0v) is 24.4. The lowest BCUT2D eigenvalue weighted by molar-refractivity contribution is -0.149. The third-order valence-corrected chi connectivity index (χ3v) is 7.55. The van der Waals surface area contributed by atoms with Crippen LogP contribution in [0.25, 0.3) is 11.0 Å². The summed E-state index contributed by atoms with van der Waals surface area (Å²) in [6.07, 6.45) is 0.620. The van der Waals surface area contributed by atoms with E-state index < -0.39 is 17.3 Å². The summed E-state index contributed by atoms with van der Waals surface area (Å²) in [5.41, 5.74) is 1.60. The van der Waals surface area contributed by atoms with Gasteiger partial charge >= 0.3 is 5.63 Å². The number of halogens is 1. The van der Waals surface area contributed by atoms with Crippen molar-refractivity contribution in [3.8, 4) is 23.0 Å². The van der Waals surface area contributed by atoms with E-state index in [1.807, 2.05) is 31.2 Å². The van der Waals surface area contributed by atoms with Crippen molar-refractivity contribution in [3.63, 3.8) is 0 Å². The van der Waals surface area contributed by atoms with Gasteiger partial charge in [0.15, 0.2) is 17.1 Å². The molecular formula is C32H32ClNO7. The number of ether oxygens (including phenoxy) is 4. The van der Waals surface area contributed by atoms with Crippen molar-refractivity contribution in [3.05, 3.63) is 92.8 Å². The Bertz CT molecular complexity index is 1640. The van der Waals surface area contributed by atoms with Gasteiger partial charge in [0.05, 0.1) is 20.3 Å². The molecule has 1 amide bonds. The molecule has 8 nitrogen and oxygen atoms in total. The van der Waals surface area contributed by atoms with Gasteiger partial charge in [-0.1, -0.05) is 11.6 Å². The third kappa shape index (κ3) is 5.84. The lowest BCUT2D eigenvalue weighted by Gasteiger charge is -2.41. The first-order chi connectivity index (χ1) is 19.6. The van der Waals surface area contributed by atoms with Crippen LogP contribution in [0.4, 0.5) is 0 Å². The number of rotatable bonds is 8. The van der Waals surface area contributed by atoms with Crippen molar-refractivity contribution in [2.24, 2.45) is 0 Å². The summed E-state index contributed by atoms with van der Waals surface area (Å²) in [7, 11) is 3.18. The molecule has 0 bridgehead atoms. The highest BCUT2D eigenvalue weighted by Gasteiger charge is 2.41. The van der Waals surface area contributed by atoms with E-state index in [1.54, 1.807) is 63.3 Å². The van der Waals surface area contributed by atoms with Gasteiger partial charge in [-0.25, -0.2) is 4.79 Å². The normalized spacial score (nSPS) is 14.9. The molecule has 3 aromatic carbocycles. The fraction of sp³-hybridized carbons (Fsp3) is 0.312. The highest BCUT2D eigenvalue weighted by atomic mass is 35.5. The molecule has 5 rings (SSSR count). The maximum atomic E-state index is 14.1. The average molecular weight is 578 g/mol. The van der Waals surface area contributed by atoms with E-state index in [0.29, 0.717) is 46.6 Å². The molecule has 1 unspecified atom stereocenters. The zero-order chi connectivity index (χ0) is 29.3. The second-order valence-electron chi connectivity index (χ2n) is 10.5.